The molecule has 1 saturated heterocycles. The van der Waals surface area contributed by atoms with Crippen LogP contribution >= 0.6 is 11.3 Å². The maximum absolute atomic E-state index is 12.2. The minimum Gasteiger partial charge on any atom is -0.481 e. The lowest BCUT2D eigenvalue weighted by Crippen LogP contribution is -2.46. The minimum absolute atomic E-state index is 0.124. The fourth-order valence-electron chi connectivity index (χ4n) is 2.19. The van der Waals surface area contributed by atoms with Crippen LogP contribution in [0, 0.1) is 5.92 Å². The molecule has 1 fully saturated rings. The van der Waals surface area contributed by atoms with Crippen LogP contribution in [0.3, 0.4) is 0 Å². The fraction of sp³-hybridized carbons (Fsp3) is 0.500. The molecule has 2 rings (SSSR count). The Morgan fingerprint density at radius 1 is 1.52 bits per heavy atom. The first kappa shape index (κ1) is 15.9. The molecule has 1 aliphatic heterocycles. The summed E-state index contributed by atoms with van der Waals surface area (Å²) >= 11 is 1.07. The van der Waals surface area contributed by atoms with Crippen molar-refractivity contribution >= 4 is 33.2 Å². The van der Waals surface area contributed by atoms with E-state index in [9.17, 15) is 18.0 Å². The molecule has 0 bridgehead atoms. The van der Waals surface area contributed by atoms with Gasteiger partial charge in [0.25, 0.3) is 10.0 Å². The number of nitrogens with zero attached hydrogens (tertiary/aromatic N) is 1. The highest BCUT2D eigenvalue weighted by atomic mass is 32.2. The molecule has 2 atom stereocenters. The van der Waals surface area contributed by atoms with Crippen molar-refractivity contribution in [3.8, 4) is 0 Å². The largest absolute Gasteiger partial charge is 0.481 e. The van der Waals surface area contributed by atoms with Gasteiger partial charge >= 0.3 is 5.97 Å². The van der Waals surface area contributed by atoms with Gasteiger partial charge in [0.05, 0.1) is 12.0 Å². The van der Waals surface area contributed by atoms with Gasteiger partial charge < -0.3 is 10.0 Å². The van der Waals surface area contributed by atoms with Crippen molar-refractivity contribution in [2.45, 2.75) is 23.6 Å². The van der Waals surface area contributed by atoms with Crippen LogP contribution in [0.25, 0.3) is 0 Å². The zero-order valence-electron chi connectivity index (χ0n) is 11.4. The topological polar surface area (TPSA) is 104 Å². The summed E-state index contributed by atoms with van der Waals surface area (Å²) in [5.74, 6) is -1.91. The van der Waals surface area contributed by atoms with Crippen molar-refractivity contribution in [3.63, 3.8) is 0 Å². The molecule has 116 valence electrons. The van der Waals surface area contributed by atoms with E-state index in [2.05, 4.69) is 4.72 Å². The summed E-state index contributed by atoms with van der Waals surface area (Å²) in [6, 6.07) is 2.15. The molecule has 2 N–H and O–H groups in total. The van der Waals surface area contributed by atoms with Crippen LogP contribution < -0.4 is 4.72 Å². The van der Waals surface area contributed by atoms with Crippen LogP contribution in [0.4, 0.5) is 0 Å². The Balaban J connectivity index is 1.99. The number of likely N-dealkylation sites (tertiary alicyclic amines) is 1. The first-order valence-electron chi connectivity index (χ1n) is 6.38. The predicted molar refractivity (Wildman–Crippen MR) is 76.4 cm³/mol. The molecule has 2 unspecified atom stereocenters. The first-order chi connectivity index (χ1) is 9.81. The number of thiophene rings is 1. The van der Waals surface area contributed by atoms with Gasteiger partial charge in [-0.25, -0.2) is 8.42 Å². The van der Waals surface area contributed by atoms with Gasteiger partial charge in [0, 0.05) is 13.1 Å². The van der Waals surface area contributed by atoms with E-state index in [1.54, 1.807) is 11.4 Å². The highest BCUT2D eigenvalue weighted by Crippen LogP contribution is 2.19. The van der Waals surface area contributed by atoms with Gasteiger partial charge in [-0.3, -0.25) is 9.59 Å². The third kappa shape index (κ3) is 3.60. The first-order valence-corrected chi connectivity index (χ1v) is 8.75. The lowest BCUT2D eigenvalue weighted by molar-refractivity contribution is -0.141. The van der Waals surface area contributed by atoms with Crippen LogP contribution in [0.1, 0.15) is 13.3 Å². The molecule has 2 heterocycles. The third-order valence-electron chi connectivity index (χ3n) is 3.31. The normalized spacial score (nSPS) is 20.4. The van der Waals surface area contributed by atoms with E-state index >= 15 is 0 Å². The van der Waals surface area contributed by atoms with Gasteiger partial charge in [0.1, 0.15) is 4.21 Å². The average Bonchev–Trinajstić information content (AvgIpc) is 3.08. The number of carboxylic acid groups (broad SMARTS) is 1. The summed E-state index contributed by atoms with van der Waals surface area (Å²) in [5, 5.41) is 10.6. The summed E-state index contributed by atoms with van der Waals surface area (Å²) in [6.45, 7) is 1.92. The van der Waals surface area contributed by atoms with Crippen molar-refractivity contribution in [1.29, 1.82) is 0 Å². The molecule has 0 spiro atoms. The average molecular weight is 332 g/mol. The van der Waals surface area contributed by atoms with Crippen LogP contribution in [-0.2, 0) is 19.6 Å². The number of aliphatic carboxylic acids is 1. The number of hydrogen-bond acceptors (Lipinski definition) is 5. The van der Waals surface area contributed by atoms with Gasteiger partial charge in [0.15, 0.2) is 0 Å². The lowest BCUT2D eigenvalue weighted by atomic mass is 10.1. The Morgan fingerprint density at radius 3 is 2.76 bits per heavy atom. The van der Waals surface area contributed by atoms with Gasteiger partial charge in [0.2, 0.25) is 5.91 Å². The van der Waals surface area contributed by atoms with Crippen LogP contribution in [-0.4, -0.2) is 49.4 Å². The number of hydrogen-bond donors (Lipinski definition) is 2. The number of carbonyl (C=O) groups excluding carboxylic acids is 1. The highest BCUT2D eigenvalue weighted by molar-refractivity contribution is 7.91. The van der Waals surface area contributed by atoms with Crippen molar-refractivity contribution < 1.29 is 23.1 Å². The van der Waals surface area contributed by atoms with Crippen LogP contribution in [0.5, 0.6) is 0 Å². The SMILES string of the molecule is CC(NS(=O)(=O)c1cccs1)C(=O)N1CCC(C(=O)O)C1. The highest BCUT2D eigenvalue weighted by Gasteiger charge is 2.34. The maximum Gasteiger partial charge on any atom is 0.308 e. The second-order valence-corrected chi connectivity index (χ2v) is 7.77. The molecule has 21 heavy (non-hydrogen) atoms. The van der Waals surface area contributed by atoms with E-state index in [1.807, 2.05) is 0 Å². The van der Waals surface area contributed by atoms with E-state index < -0.39 is 33.9 Å². The molecule has 0 saturated carbocycles. The molecule has 0 aromatic carbocycles. The van der Waals surface area contributed by atoms with Crippen molar-refractivity contribution in [2.24, 2.45) is 5.92 Å². The van der Waals surface area contributed by atoms with Crippen LogP contribution in [0.2, 0.25) is 0 Å². The molecule has 1 aliphatic rings. The summed E-state index contributed by atoms with van der Waals surface area (Å²) in [6.07, 6.45) is 0.394. The smallest absolute Gasteiger partial charge is 0.308 e. The van der Waals surface area contributed by atoms with Crippen molar-refractivity contribution in [1.82, 2.24) is 9.62 Å². The summed E-state index contributed by atoms with van der Waals surface area (Å²) in [7, 11) is -3.72. The molecule has 1 aromatic rings. The molecule has 0 aliphatic carbocycles. The Labute approximate surface area is 126 Å². The van der Waals surface area contributed by atoms with Gasteiger partial charge in [-0.1, -0.05) is 6.07 Å². The summed E-state index contributed by atoms with van der Waals surface area (Å²) < 4.78 is 26.5. The van der Waals surface area contributed by atoms with Crippen LogP contribution in [0.15, 0.2) is 21.7 Å². The monoisotopic (exact) mass is 332 g/mol. The molecular weight excluding hydrogens is 316 g/mol. The second kappa shape index (κ2) is 6.12. The number of carbonyl (C=O) groups is 2. The quantitative estimate of drug-likeness (QED) is 0.809. The number of nitrogens with one attached hydrogen (secondary N) is 1. The Kier molecular flexibility index (Phi) is 4.64. The molecular formula is C12H16N2O5S2. The Hall–Kier alpha value is -1.45. The minimum atomic E-state index is -3.72. The van der Waals surface area contributed by atoms with Gasteiger partial charge in [-0.05, 0) is 24.8 Å². The number of carboxylic acids is 1. The zero-order valence-corrected chi connectivity index (χ0v) is 13.0. The molecule has 1 aromatic heterocycles. The molecule has 0 radical (unpaired) electrons. The predicted octanol–water partition coefficient (Wildman–Crippen LogP) is 0.348. The number of sulfonamides is 1. The third-order valence-corrected chi connectivity index (χ3v) is 6.25. The molecule has 9 heteroatoms. The second-order valence-electron chi connectivity index (χ2n) is 4.88. The summed E-state index contributed by atoms with van der Waals surface area (Å²) in [5.41, 5.74) is 0. The number of amides is 1. The van der Waals surface area contributed by atoms with E-state index in [1.165, 1.54) is 17.9 Å². The Morgan fingerprint density at radius 2 is 2.24 bits per heavy atom. The van der Waals surface area contributed by atoms with E-state index in [0.29, 0.717) is 13.0 Å². The van der Waals surface area contributed by atoms with E-state index in [4.69, 9.17) is 5.11 Å². The zero-order chi connectivity index (χ0) is 15.6. The van der Waals surface area contributed by atoms with Gasteiger partial charge in [-0.2, -0.15) is 4.72 Å². The van der Waals surface area contributed by atoms with Gasteiger partial charge in [-0.15, -0.1) is 11.3 Å². The van der Waals surface area contributed by atoms with Crippen molar-refractivity contribution in [3.05, 3.63) is 17.5 Å². The standard InChI is InChI=1S/C12H16N2O5S2/c1-8(13-21(18,19)10-3-2-6-20-10)11(15)14-5-4-9(7-14)12(16)17/h2-3,6,8-9,13H,4-5,7H2,1H3,(H,16,17). The number of rotatable bonds is 5. The van der Waals surface area contributed by atoms with E-state index in [0.717, 1.165) is 11.3 Å². The van der Waals surface area contributed by atoms with E-state index in [-0.39, 0.29) is 10.8 Å². The summed E-state index contributed by atoms with van der Waals surface area (Å²) in [4.78, 5) is 24.4. The Bertz CT molecular complexity index is 626. The molecule has 7 nitrogen and oxygen atoms in total. The fourth-order valence-corrected chi connectivity index (χ4v) is 4.40. The lowest BCUT2D eigenvalue weighted by Gasteiger charge is -2.21. The molecule has 1 amide bonds. The maximum atomic E-state index is 12.2. The van der Waals surface area contributed by atoms with Crippen molar-refractivity contribution in [2.75, 3.05) is 13.1 Å².